The Morgan fingerprint density at radius 3 is 2.50 bits per heavy atom. The van der Waals surface area contributed by atoms with Gasteiger partial charge in [-0.2, -0.15) is 0 Å². The van der Waals surface area contributed by atoms with Gasteiger partial charge in [-0.25, -0.2) is 8.42 Å². The maximum absolute atomic E-state index is 12.5. The summed E-state index contributed by atoms with van der Waals surface area (Å²) in [4.78, 5) is 0. The molecule has 1 heterocycles. The molecule has 2 rings (SSSR count). The van der Waals surface area contributed by atoms with Crippen LogP contribution in [0.25, 0.3) is 0 Å². The Kier molecular flexibility index (Phi) is 4.70. The third-order valence-corrected chi connectivity index (χ3v) is 5.73. The topological polar surface area (TPSA) is 58.2 Å². The van der Waals surface area contributed by atoms with Crippen molar-refractivity contribution in [3.63, 3.8) is 0 Å². The fourth-order valence-corrected chi connectivity index (χ4v) is 4.23. The van der Waals surface area contributed by atoms with E-state index >= 15 is 0 Å². The van der Waals surface area contributed by atoms with Crippen molar-refractivity contribution in [2.75, 3.05) is 17.8 Å². The molecule has 0 spiro atoms. The van der Waals surface area contributed by atoms with Crippen LogP contribution in [0.5, 0.6) is 0 Å². The second kappa shape index (κ2) is 6.14. The first kappa shape index (κ1) is 15.3. The maximum atomic E-state index is 12.5. The molecule has 20 heavy (non-hydrogen) atoms. The minimum absolute atomic E-state index is 0.289. The second-order valence-electron chi connectivity index (χ2n) is 5.79. The van der Waals surface area contributed by atoms with Crippen LogP contribution in [0.2, 0.25) is 0 Å². The van der Waals surface area contributed by atoms with Crippen LogP contribution in [-0.4, -0.2) is 26.8 Å². The quantitative estimate of drug-likeness (QED) is 0.898. The number of piperidine rings is 1. The first-order chi connectivity index (χ1) is 9.42. The summed E-state index contributed by atoms with van der Waals surface area (Å²) in [6.07, 6.45) is 1.36. The lowest BCUT2D eigenvalue weighted by molar-refractivity contribution is 0.499. The maximum Gasteiger partial charge on any atom is 0.235 e. The highest BCUT2D eigenvalue weighted by Gasteiger charge is 2.28. The highest BCUT2D eigenvalue weighted by atomic mass is 32.2. The number of sulfonamides is 1. The van der Waals surface area contributed by atoms with Gasteiger partial charge in [0.1, 0.15) is 0 Å². The summed E-state index contributed by atoms with van der Waals surface area (Å²) < 4.78 is 27.9. The van der Waals surface area contributed by atoms with Gasteiger partial charge in [0, 0.05) is 0 Å². The van der Waals surface area contributed by atoms with Crippen LogP contribution in [0.1, 0.15) is 43.7 Å². The minimum atomic E-state index is -3.30. The second-order valence-corrected chi connectivity index (χ2v) is 7.75. The number of anilines is 1. The SMILES string of the molecule is Cc1cccc(C(C)C)c1NS(=O)(=O)C1CCNCC1. The smallest absolute Gasteiger partial charge is 0.235 e. The van der Waals surface area contributed by atoms with Crippen LogP contribution < -0.4 is 10.0 Å². The Morgan fingerprint density at radius 2 is 1.90 bits per heavy atom. The van der Waals surface area contributed by atoms with E-state index in [1.807, 2.05) is 25.1 Å². The summed E-state index contributed by atoms with van der Waals surface area (Å²) in [6, 6.07) is 5.93. The zero-order valence-electron chi connectivity index (χ0n) is 12.4. The van der Waals surface area contributed by atoms with Crippen LogP contribution in [-0.2, 0) is 10.0 Å². The molecule has 1 aliphatic heterocycles. The van der Waals surface area contributed by atoms with E-state index in [2.05, 4.69) is 23.9 Å². The summed E-state index contributed by atoms with van der Waals surface area (Å²) >= 11 is 0. The van der Waals surface area contributed by atoms with E-state index in [0.717, 1.165) is 29.9 Å². The molecule has 0 atom stereocenters. The standard InChI is InChI=1S/C15H24N2O2S/c1-11(2)14-6-4-5-12(3)15(14)17-20(18,19)13-7-9-16-10-8-13/h4-6,11,13,16-17H,7-10H2,1-3H3. The van der Waals surface area contributed by atoms with E-state index in [9.17, 15) is 8.42 Å². The first-order valence-electron chi connectivity index (χ1n) is 7.23. The van der Waals surface area contributed by atoms with Gasteiger partial charge in [-0.1, -0.05) is 32.0 Å². The van der Waals surface area contributed by atoms with Gasteiger partial charge in [0.2, 0.25) is 10.0 Å². The predicted octanol–water partition coefficient (Wildman–Crippen LogP) is 2.61. The Labute approximate surface area is 122 Å². The van der Waals surface area contributed by atoms with Crippen molar-refractivity contribution in [3.05, 3.63) is 29.3 Å². The number of para-hydroxylation sites is 1. The van der Waals surface area contributed by atoms with Gasteiger partial charge < -0.3 is 5.32 Å². The third kappa shape index (κ3) is 3.33. The highest BCUT2D eigenvalue weighted by molar-refractivity contribution is 7.93. The Morgan fingerprint density at radius 1 is 1.25 bits per heavy atom. The number of nitrogens with one attached hydrogen (secondary N) is 2. The van der Waals surface area contributed by atoms with E-state index in [0.29, 0.717) is 18.8 Å². The molecule has 1 aromatic rings. The Balaban J connectivity index is 2.29. The Hall–Kier alpha value is -1.07. The van der Waals surface area contributed by atoms with Crippen molar-refractivity contribution in [1.29, 1.82) is 0 Å². The molecule has 0 bridgehead atoms. The van der Waals surface area contributed by atoms with Crippen molar-refractivity contribution in [1.82, 2.24) is 5.32 Å². The van der Waals surface area contributed by atoms with Crippen molar-refractivity contribution in [2.24, 2.45) is 0 Å². The average molecular weight is 296 g/mol. The van der Waals surface area contributed by atoms with E-state index in [1.54, 1.807) is 0 Å². The van der Waals surface area contributed by atoms with Crippen LogP contribution in [0.4, 0.5) is 5.69 Å². The number of aryl methyl sites for hydroxylation is 1. The molecular weight excluding hydrogens is 272 g/mol. The molecule has 0 unspecified atom stereocenters. The van der Waals surface area contributed by atoms with Crippen molar-refractivity contribution in [3.8, 4) is 0 Å². The van der Waals surface area contributed by atoms with E-state index < -0.39 is 10.0 Å². The monoisotopic (exact) mass is 296 g/mol. The third-order valence-electron chi connectivity index (χ3n) is 3.90. The summed E-state index contributed by atoms with van der Waals surface area (Å²) in [5, 5.41) is 2.91. The fraction of sp³-hybridized carbons (Fsp3) is 0.600. The first-order valence-corrected chi connectivity index (χ1v) is 8.78. The zero-order chi connectivity index (χ0) is 14.8. The molecule has 0 radical (unpaired) electrons. The molecular formula is C15H24N2O2S. The van der Waals surface area contributed by atoms with Crippen molar-refractivity contribution < 1.29 is 8.42 Å². The van der Waals surface area contributed by atoms with Crippen molar-refractivity contribution in [2.45, 2.75) is 44.8 Å². The lowest BCUT2D eigenvalue weighted by atomic mass is 9.99. The van der Waals surface area contributed by atoms with Crippen molar-refractivity contribution >= 4 is 15.7 Å². The minimum Gasteiger partial charge on any atom is -0.317 e. The van der Waals surface area contributed by atoms with E-state index in [-0.39, 0.29) is 5.25 Å². The molecule has 5 heteroatoms. The fourth-order valence-electron chi connectivity index (χ4n) is 2.64. The van der Waals surface area contributed by atoms with Gasteiger partial charge >= 0.3 is 0 Å². The summed E-state index contributed by atoms with van der Waals surface area (Å²) in [7, 11) is -3.30. The number of rotatable bonds is 4. The van der Waals surface area contributed by atoms with Crippen LogP contribution >= 0.6 is 0 Å². The molecule has 0 amide bonds. The van der Waals surface area contributed by atoms with Gasteiger partial charge in [-0.3, -0.25) is 4.72 Å². The molecule has 0 saturated carbocycles. The summed E-state index contributed by atoms with van der Waals surface area (Å²) in [6.45, 7) is 7.66. The number of benzene rings is 1. The molecule has 1 aromatic carbocycles. The van der Waals surface area contributed by atoms with E-state index in [4.69, 9.17) is 0 Å². The lowest BCUT2D eigenvalue weighted by Crippen LogP contribution is -2.38. The van der Waals surface area contributed by atoms with Gasteiger partial charge in [0.15, 0.2) is 0 Å². The predicted molar refractivity (Wildman–Crippen MR) is 83.7 cm³/mol. The van der Waals surface area contributed by atoms with Crippen LogP contribution in [0.15, 0.2) is 18.2 Å². The zero-order valence-corrected chi connectivity index (χ0v) is 13.3. The molecule has 1 fully saturated rings. The highest BCUT2D eigenvalue weighted by Crippen LogP contribution is 2.29. The normalized spacial score (nSPS) is 17.4. The Bertz CT molecular complexity index is 561. The number of hydrogen-bond donors (Lipinski definition) is 2. The molecule has 1 aliphatic rings. The lowest BCUT2D eigenvalue weighted by Gasteiger charge is -2.25. The van der Waals surface area contributed by atoms with E-state index in [1.165, 1.54) is 0 Å². The molecule has 0 aromatic heterocycles. The number of hydrogen-bond acceptors (Lipinski definition) is 3. The average Bonchev–Trinajstić information content (AvgIpc) is 2.41. The molecule has 4 nitrogen and oxygen atoms in total. The van der Waals surface area contributed by atoms with Gasteiger partial charge in [-0.15, -0.1) is 0 Å². The molecule has 0 aliphatic carbocycles. The molecule has 1 saturated heterocycles. The van der Waals surface area contributed by atoms with Crippen LogP contribution in [0, 0.1) is 6.92 Å². The molecule has 2 N–H and O–H groups in total. The molecule has 112 valence electrons. The summed E-state index contributed by atoms with van der Waals surface area (Å²) in [5.74, 6) is 0.292. The summed E-state index contributed by atoms with van der Waals surface area (Å²) in [5.41, 5.74) is 2.80. The van der Waals surface area contributed by atoms with Gasteiger partial charge in [0.05, 0.1) is 10.9 Å². The largest absolute Gasteiger partial charge is 0.317 e. The van der Waals surface area contributed by atoms with Crippen LogP contribution in [0.3, 0.4) is 0 Å². The van der Waals surface area contributed by atoms with Gasteiger partial charge in [0.25, 0.3) is 0 Å². The van der Waals surface area contributed by atoms with Gasteiger partial charge in [-0.05, 0) is 49.9 Å².